The van der Waals surface area contributed by atoms with Crippen molar-refractivity contribution in [2.75, 3.05) is 31.8 Å². The van der Waals surface area contributed by atoms with E-state index in [-0.39, 0.29) is 27.6 Å². The van der Waals surface area contributed by atoms with Crippen molar-refractivity contribution in [1.82, 2.24) is 19.6 Å². The molecule has 0 bridgehead atoms. The molecule has 5 rings (SSSR count). The number of ether oxygens (including phenoxy) is 1. The second kappa shape index (κ2) is 12.0. The van der Waals surface area contributed by atoms with Crippen LogP contribution < -0.4 is 20.7 Å². The highest BCUT2D eigenvalue weighted by molar-refractivity contribution is 7.89. The van der Waals surface area contributed by atoms with Crippen LogP contribution in [-0.2, 0) is 10.0 Å². The number of rotatable bonds is 10. The Morgan fingerprint density at radius 3 is 2.40 bits per heavy atom. The lowest BCUT2D eigenvalue weighted by Gasteiger charge is -2.17. The topological polar surface area (TPSA) is 126 Å². The van der Waals surface area contributed by atoms with Gasteiger partial charge in [0.1, 0.15) is 15.7 Å². The summed E-state index contributed by atoms with van der Waals surface area (Å²) in [6, 6.07) is 18.1. The molecule has 1 aliphatic carbocycles. The minimum absolute atomic E-state index is 0.0578. The number of nitrogens with one attached hydrogen (secondary N) is 3. The van der Waals surface area contributed by atoms with Crippen LogP contribution in [0.25, 0.3) is 11.1 Å². The lowest BCUT2D eigenvalue weighted by molar-refractivity contribution is 0.0951. The van der Waals surface area contributed by atoms with Crippen LogP contribution in [0.5, 0.6) is 5.75 Å². The second-order valence-corrected chi connectivity index (χ2v) is 12.6. The number of sulfonamides is 1. The Morgan fingerprint density at radius 1 is 1.02 bits per heavy atom. The number of carbonyl (C=O) groups is 1. The number of para-hydroxylation sites is 1. The van der Waals surface area contributed by atoms with Gasteiger partial charge in [0, 0.05) is 25.7 Å². The predicted molar refractivity (Wildman–Crippen MR) is 165 cm³/mol. The smallest absolute Gasteiger partial charge is 0.251 e. The Hall–Kier alpha value is -4.19. The van der Waals surface area contributed by atoms with Gasteiger partial charge < -0.3 is 20.7 Å². The largest absolute Gasteiger partial charge is 0.495 e. The number of anilines is 4. The summed E-state index contributed by atoms with van der Waals surface area (Å²) >= 11 is 6.38. The molecule has 10 nitrogen and oxygen atoms in total. The van der Waals surface area contributed by atoms with Crippen LogP contribution in [0, 0.1) is 6.92 Å². The van der Waals surface area contributed by atoms with Crippen LogP contribution in [0.4, 0.5) is 23.1 Å². The van der Waals surface area contributed by atoms with Gasteiger partial charge in [0.05, 0.1) is 24.7 Å². The number of benzene rings is 3. The summed E-state index contributed by atoms with van der Waals surface area (Å²) in [5.41, 5.74) is 4.43. The second-order valence-electron chi connectivity index (χ2n) is 10.1. The fraction of sp³-hybridized carbons (Fsp3) is 0.233. The molecule has 1 aromatic heterocycles. The molecular weight excluding hydrogens is 576 g/mol. The first kappa shape index (κ1) is 29.3. The molecule has 1 fully saturated rings. The number of amides is 1. The Labute approximate surface area is 250 Å². The van der Waals surface area contributed by atoms with Gasteiger partial charge in [0.15, 0.2) is 5.82 Å². The molecule has 0 aliphatic heterocycles. The zero-order chi connectivity index (χ0) is 30.0. The van der Waals surface area contributed by atoms with Crippen molar-refractivity contribution in [1.29, 1.82) is 0 Å². The van der Waals surface area contributed by atoms with E-state index in [1.54, 1.807) is 25.3 Å². The molecule has 3 aromatic carbocycles. The van der Waals surface area contributed by atoms with Crippen LogP contribution >= 0.6 is 11.6 Å². The van der Waals surface area contributed by atoms with Crippen LogP contribution in [0.1, 0.15) is 28.8 Å². The number of hydrogen-bond donors (Lipinski definition) is 3. The van der Waals surface area contributed by atoms with E-state index in [0.29, 0.717) is 28.7 Å². The summed E-state index contributed by atoms with van der Waals surface area (Å²) in [7, 11) is 0.792. The summed E-state index contributed by atoms with van der Waals surface area (Å²) < 4.78 is 32.5. The Bertz CT molecular complexity index is 1740. The Kier molecular flexibility index (Phi) is 8.35. The molecule has 4 aromatic rings. The van der Waals surface area contributed by atoms with Gasteiger partial charge in [-0.2, -0.15) is 4.98 Å². The van der Waals surface area contributed by atoms with Gasteiger partial charge in [-0.05, 0) is 72.9 Å². The minimum Gasteiger partial charge on any atom is -0.495 e. The van der Waals surface area contributed by atoms with Crippen molar-refractivity contribution in [2.45, 2.75) is 30.7 Å². The summed E-state index contributed by atoms with van der Waals surface area (Å²) in [5, 5.41) is 9.44. The third-order valence-corrected chi connectivity index (χ3v) is 8.96. The molecule has 1 amide bonds. The third kappa shape index (κ3) is 6.33. The molecule has 1 aliphatic rings. The van der Waals surface area contributed by atoms with Crippen molar-refractivity contribution in [2.24, 2.45) is 0 Å². The lowest BCUT2D eigenvalue weighted by Crippen LogP contribution is -2.25. The van der Waals surface area contributed by atoms with Crippen molar-refractivity contribution in [3.8, 4) is 16.9 Å². The molecule has 0 unspecified atom stereocenters. The van der Waals surface area contributed by atoms with E-state index in [1.165, 1.54) is 26.4 Å². The zero-order valence-corrected chi connectivity index (χ0v) is 25.2. The van der Waals surface area contributed by atoms with E-state index in [2.05, 4.69) is 25.9 Å². The monoisotopic (exact) mass is 606 g/mol. The maximum absolute atomic E-state index is 12.8. The first-order valence-electron chi connectivity index (χ1n) is 13.2. The molecule has 0 radical (unpaired) electrons. The molecule has 218 valence electrons. The average Bonchev–Trinajstić information content (AvgIpc) is 3.79. The maximum Gasteiger partial charge on any atom is 0.251 e. The highest BCUT2D eigenvalue weighted by atomic mass is 35.5. The van der Waals surface area contributed by atoms with Crippen LogP contribution in [-0.4, -0.2) is 55.8 Å². The van der Waals surface area contributed by atoms with Crippen LogP contribution in [0.15, 0.2) is 71.8 Å². The van der Waals surface area contributed by atoms with Gasteiger partial charge in [-0.1, -0.05) is 35.9 Å². The van der Waals surface area contributed by atoms with E-state index in [4.69, 9.17) is 16.3 Å². The minimum atomic E-state index is -3.72. The normalized spacial score (nSPS) is 13.1. The SMILES string of the molecule is COc1cc(-c2ccc(C(=O)NC3CC3)cc2)c(C)cc1Nc1ncc(Cl)c(Nc2ccccc2S(=O)(=O)N(C)C)n1. The number of hydrogen-bond acceptors (Lipinski definition) is 8. The molecule has 42 heavy (non-hydrogen) atoms. The van der Waals surface area contributed by atoms with Crippen molar-refractivity contribution in [3.63, 3.8) is 0 Å². The maximum atomic E-state index is 12.8. The molecule has 0 spiro atoms. The predicted octanol–water partition coefficient (Wildman–Crippen LogP) is 5.74. The Morgan fingerprint density at radius 2 is 1.74 bits per heavy atom. The van der Waals surface area contributed by atoms with Gasteiger partial charge in [0.2, 0.25) is 16.0 Å². The van der Waals surface area contributed by atoms with Gasteiger partial charge in [-0.25, -0.2) is 17.7 Å². The molecule has 1 heterocycles. The van der Waals surface area contributed by atoms with Crippen LogP contribution in [0.2, 0.25) is 5.02 Å². The highest BCUT2D eigenvalue weighted by Gasteiger charge is 2.24. The molecule has 3 N–H and O–H groups in total. The zero-order valence-electron chi connectivity index (χ0n) is 23.6. The lowest BCUT2D eigenvalue weighted by atomic mass is 9.98. The van der Waals surface area contributed by atoms with Crippen molar-refractivity contribution < 1.29 is 17.9 Å². The third-order valence-electron chi connectivity index (χ3n) is 6.81. The molecular formula is C30H31ClN6O4S. The van der Waals surface area contributed by atoms with Crippen LogP contribution in [0.3, 0.4) is 0 Å². The van der Waals surface area contributed by atoms with E-state index in [1.807, 2.05) is 43.3 Å². The summed E-state index contributed by atoms with van der Waals surface area (Å²) in [5.74, 6) is 0.958. The number of halogens is 1. The van der Waals surface area contributed by atoms with E-state index in [0.717, 1.165) is 33.8 Å². The van der Waals surface area contributed by atoms with Crippen molar-refractivity contribution in [3.05, 3.63) is 83.0 Å². The molecule has 12 heteroatoms. The van der Waals surface area contributed by atoms with Gasteiger partial charge in [0.25, 0.3) is 5.91 Å². The number of nitrogens with zero attached hydrogens (tertiary/aromatic N) is 3. The summed E-state index contributed by atoms with van der Waals surface area (Å²) in [6.07, 6.45) is 3.51. The highest BCUT2D eigenvalue weighted by Crippen LogP contribution is 2.36. The summed E-state index contributed by atoms with van der Waals surface area (Å²) in [6.45, 7) is 1.98. The fourth-order valence-electron chi connectivity index (χ4n) is 4.32. The van der Waals surface area contributed by atoms with E-state index >= 15 is 0 Å². The van der Waals surface area contributed by atoms with E-state index in [9.17, 15) is 13.2 Å². The molecule has 0 saturated heterocycles. The number of aryl methyl sites for hydroxylation is 1. The standard InChI is InChI=1S/C30H31ClN6O4S/c1-18-15-25(26(41-4)16-22(18)19-9-11-20(12-10-19)29(38)33-21-13-14-21)35-30-32-17-23(31)28(36-30)34-24-7-5-6-8-27(24)42(39,40)37(2)3/h5-12,15-17,21H,13-14H2,1-4H3,(H,33,38)(H2,32,34,35,36). The van der Waals surface area contributed by atoms with Gasteiger partial charge in [-0.15, -0.1) is 0 Å². The fourth-order valence-corrected chi connectivity index (χ4v) is 5.50. The number of methoxy groups -OCH3 is 1. The van der Waals surface area contributed by atoms with Crippen molar-refractivity contribution >= 4 is 50.7 Å². The average molecular weight is 607 g/mol. The Balaban J connectivity index is 1.39. The number of aromatic nitrogens is 2. The van der Waals surface area contributed by atoms with E-state index < -0.39 is 10.0 Å². The first-order valence-corrected chi connectivity index (χ1v) is 15.1. The van der Waals surface area contributed by atoms with Gasteiger partial charge >= 0.3 is 0 Å². The molecule has 0 atom stereocenters. The quantitative estimate of drug-likeness (QED) is 0.209. The van der Waals surface area contributed by atoms with Gasteiger partial charge in [-0.3, -0.25) is 4.79 Å². The molecule has 1 saturated carbocycles. The first-order chi connectivity index (χ1) is 20.1. The number of carbonyl (C=O) groups excluding carboxylic acids is 1. The summed E-state index contributed by atoms with van der Waals surface area (Å²) in [4.78, 5) is 21.3.